The molecular weight excluding hydrogens is 342 g/mol. The van der Waals surface area contributed by atoms with Crippen molar-refractivity contribution in [1.29, 1.82) is 5.26 Å². The summed E-state index contributed by atoms with van der Waals surface area (Å²) in [5.74, 6) is 0.892. The third-order valence-corrected chi connectivity index (χ3v) is 4.91. The van der Waals surface area contributed by atoms with Gasteiger partial charge in [-0.15, -0.1) is 0 Å². The third kappa shape index (κ3) is 7.61. The first-order chi connectivity index (χ1) is 13.8. The molecule has 0 heterocycles. The number of hydrogen-bond donors (Lipinski definition) is 0. The SMILES string of the molecule is CCCCCCOc1ccc(/C=C(\C#N)c2ccc(CCCCC)cc2)cc1. The van der Waals surface area contributed by atoms with Gasteiger partial charge in [0.25, 0.3) is 0 Å². The zero-order chi connectivity index (χ0) is 20.0. The van der Waals surface area contributed by atoms with Gasteiger partial charge in [0, 0.05) is 0 Å². The van der Waals surface area contributed by atoms with Gasteiger partial charge in [0.2, 0.25) is 0 Å². The lowest BCUT2D eigenvalue weighted by atomic mass is 10.0. The maximum absolute atomic E-state index is 9.58. The number of ether oxygens (including phenoxy) is 1. The number of benzene rings is 2. The molecule has 0 fully saturated rings. The molecule has 2 aromatic carbocycles. The van der Waals surface area contributed by atoms with Crippen LogP contribution < -0.4 is 4.74 Å². The van der Waals surface area contributed by atoms with Crippen LogP contribution in [-0.4, -0.2) is 6.61 Å². The largest absolute Gasteiger partial charge is 0.494 e. The van der Waals surface area contributed by atoms with Gasteiger partial charge < -0.3 is 4.74 Å². The molecule has 0 unspecified atom stereocenters. The Labute approximate surface area is 170 Å². The van der Waals surface area contributed by atoms with Crippen molar-refractivity contribution in [3.05, 3.63) is 65.2 Å². The molecule has 0 aliphatic rings. The Balaban J connectivity index is 1.95. The van der Waals surface area contributed by atoms with Gasteiger partial charge in [-0.2, -0.15) is 5.26 Å². The topological polar surface area (TPSA) is 33.0 Å². The minimum absolute atomic E-state index is 0.688. The first kappa shape index (κ1) is 21.8. The highest BCUT2D eigenvalue weighted by atomic mass is 16.5. The van der Waals surface area contributed by atoms with Gasteiger partial charge in [-0.25, -0.2) is 0 Å². The fourth-order valence-electron chi connectivity index (χ4n) is 3.16. The first-order valence-electron chi connectivity index (χ1n) is 10.7. The van der Waals surface area contributed by atoms with Crippen molar-refractivity contribution in [2.75, 3.05) is 6.61 Å². The highest BCUT2D eigenvalue weighted by molar-refractivity contribution is 5.89. The van der Waals surface area contributed by atoms with E-state index in [-0.39, 0.29) is 0 Å². The van der Waals surface area contributed by atoms with Crippen LogP contribution in [0.2, 0.25) is 0 Å². The summed E-state index contributed by atoms with van der Waals surface area (Å²) in [5.41, 5.74) is 4.02. The second-order valence-electron chi connectivity index (χ2n) is 7.30. The fourth-order valence-corrected chi connectivity index (χ4v) is 3.16. The Morgan fingerprint density at radius 2 is 1.54 bits per heavy atom. The number of aryl methyl sites for hydroxylation is 1. The molecule has 2 heteroatoms. The van der Waals surface area contributed by atoms with Crippen LogP contribution in [0.15, 0.2) is 48.5 Å². The highest BCUT2D eigenvalue weighted by Crippen LogP contribution is 2.21. The zero-order valence-electron chi connectivity index (χ0n) is 17.4. The summed E-state index contributed by atoms with van der Waals surface area (Å²) in [7, 11) is 0. The second-order valence-corrected chi connectivity index (χ2v) is 7.30. The van der Waals surface area contributed by atoms with Crippen LogP contribution in [0.25, 0.3) is 11.6 Å². The van der Waals surface area contributed by atoms with Crippen LogP contribution in [0.1, 0.15) is 75.5 Å². The van der Waals surface area contributed by atoms with Crippen molar-refractivity contribution in [2.45, 2.75) is 65.2 Å². The Morgan fingerprint density at radius 1 is 0.857 bits per heavy atom. The molecule has 0 radical (unpaired) electrons. The predicted octanol–water partition coefficient (Wildman–Crippen LogP) is 7.44. The standard InChI is InChI=1S/C26H33NO/c1-3-5-7-9-19-28-26-17-13-23(14-18-26)20-25(21-27)24-15-11-22(12-16-24)10-8-6-4-2/h11-18,20H,3-10,19H2,1-2H3/b25-20+. The van der Waals surface area contributed by atoms with Gasteiger partial charge in [0.05, 0.1) is 18.2 Å². The van der Waals surface area contributed by atoms with Crippen LogP contribution in [0, 0.1) is 11.3 Å². The van der Waals surface area contributed by atoms with Gasteiger partial charge in [-0.3, -0.25) is 0 Å². The smallest absolute Gasteiger partial charge is 0.119 e. The molecule has 2 rings (SSSR count). The lowest BCUT2D eigenvalue weighted by molar-refractivity contribution is 0.305. The molecular formula is C26H33NO. The third-order valence-electron chi connectivity index (χ3n) is 4.91. The van der Waals surface area contributed by atoms with E-state index in [9.17, 15) is 5.26 Å². The molecule has 2 aromatic rings. The lowest BCUT2D eigenvalue weighted by Crippen LogP contribution is -1.96. The summed E-state index contributed by atoms with van der Waals surface area (Å²) >= 11 is 0. The van der Waals surface area contributed by atoms with Gasteiger partial charge in [-0.05, 0) is 54.2 Å². The molecule has 0 N–H and O–H groups in total. The Kier molecular flexibility index (Phi) is 9.94. The summed E-state index contributed by atoms with van der Waals surface area (Å²) in [6.07, 6.45) is 11.6. The number of nitriles is 1. The molecule has 0 aromatic heterocycles. The van der Waals surface area contributed by atoms with Crippen LogP contribution in [-0.2, 0) is 6.42 Å². The van der Waals surface area contributed by atoms with Gasteiger partial charge in [0.1, 0.15) is 5.75 Å². The molecule has 0 aliphatic carbocycles. The van der Waals surface area contributed by atoms with Crippen molar-refractivity contribution < 1.29 is 4.74 Å². The average molecular weight is 376 g/mol. The Bertz CT molecular complexity index is 751. The number of unbranched alkanes of at least 4 members (excludes halogenated alkanes) is 5. The van der Waals surface area contributed by atoms with E-state index in [1.165, 1.54) is 44.1 Å². The molecule has 2 nitrogen and oxygen atoms in total. The van der Waals surface area contributed by atoms with E-state index in [2.05, 4.69) is 44.2 Å². The van der Waals surface area contributed by atoms with E-state index in [0.717, 1.165) is 36.3 Å². The molecule has 0 bridgehead atoms. The van der Waals surface area contributed by atoms with Crippen molar-refractivity contribution in [3.8, 4) is 11.8 Å². The van der Waals surface area contributed by atoms with Crippen LogP contribution in [0.3, 0.4) is 0 Å². The molecule has 0 amide bonds. The quantitative estimate of drug-likeness (QED) is 0.219. The first-order valence-corrected chi connectivity index (χ1v) is 10.7. The minimum Gasteiger partial charge on any atom is -0.494 e. The van der Waals surface area contributed by atoms with Crippen LogP contribution in [0.4, 0.5) is 0 Å². The van der Waals surface area contributed by atoms with Crippen molar-refractivity contribution in [3.63, 3.8) is 0 Å². The summed E-state index contributed by atoms with van der Waals surface area (Å²) in [5, 5.41) is 9.58. The van der Waals surface area contributed by atoms with E-state index < -0.39 is 0 Å². The molecule has 148 valence electrons. The van der Waals surface area contributed by atoms with Crippen LogP contribution >= 0.6 is 0 Å². The lowest BCUT2D eigenvalue weighted by Gasteiger charge is -2.07. The van der Waals surface area contributed by atoms with Crippen molar-refractivity contribution in [1.82, 2.24) is 0 Å². The molecule has 28 heavy (non-hydrogen) atoms. The number of rotatable bonds is 12. The van der Waals surface area contributed by atoms with Gasteiger partial charge in [-0.1, -0.05) is 82.3 Å². The molecule has 0 atom stereocenters. The van der Waals surface area contributed by atoms with Gasteiger partial charge >= 0.3 is 0 Å². The van der Waals surface area contributed by atoms with E-state index >= 15 is 0 Å². The van der Waals surface area contributed by atoms with Crippen molar-refractivity contribution in [2.24, 2.45) is 0 Å². The maximum atomic E-state index is 9.58. The summed E-state index contributed by atoms with van der Waals surface area (Å²) in [6, 6.07) is 18.7. The minimum atomic E-state index is 0.688. The maximum Gasteiger partial charge on any atom is 0.119 e. The normalized spacial score (nSPS) is 11.2. The number of nitrogens with zero attached hydrogens (tertiary/aromatic N) is 1. The fraction of sp³-hybridized carbons (Fsp3) is 0.423. The van der Waals surface area contributed by atoms with Crippen LogP contribution in [0.5, 0.6) is 5.75 Å². The van der Waals surface area contributed by atoms with Crippen molar-refractivity contribution >= 4 is 11.6 Å². The number of hydrogen-bond acceptors (Lipinski definition) is 2. The molecule has 0 aliphatic heterocycles. The Morgan fingerprint density at radius 3 is 2.18 bits per heavy atom. The van der Waals surface area contributed by atoms with E-state index in [0.29, 0.717) is 5.57 Å². The Hall–Kier alpha value is -2.53. The second kappa shape index (κ2) is 12.8. The van der Waals surface area contributed by atoms with E-state index in [4.69, 9.17) is 4.74 Å². The van der Waals surface area contributed by atoms with E-state index in [1.807, 2.05) is 30.3 Å². The summed E-state index contributed by atoms with van der Waals surface area (Å²) < 4.78 is 5.79. The monoisotopic (exact) mass is 375 g/mol. The van der Waals surface area contributed by atoms with E-state index in [1.54, 1.807) is 0 Å². The molecule has 0 saturated carbocycles. The summed E-state index contributed by atoms with van der Waals surface area (Å²) in [4.78, 5) is 0. The zero-order valence-corrected chi connectivity index (χ0v) is 17.4. The number of allylic oxidation sites excluding steroid dienone is 1. The molecule has 0 spiro atoms. The summed E-state index contributed by atoms with van der Waals surface area (Å²) in [6.45, 7) is 5.20. The highest BCUT2D eigenvalue weighted by Gasteiger charge is 2.03. The molecule has 0 saturated heterocycles. The average Bonchev–Trinajstić information content (AvgIpc) is 2.74. The predicted molar refractivity (Wildman–Crippen MR) is 119 cm³/mol. The van der Waals surface area contributed by atoms with Gasteiger partial charge in [0.15, 0.2) is 0 Å².